The lowest BCUT2D eigenvalue weighted by molar-refractivity contribution is 0.0996. The molecule has 0 fully saturated rings. The van der Waals surface area contributed by atoms with E-state index in [-0.39, 0.29) is 17.5 Å². The van der Waals surface area contributed by atoms with Crippen molar-refractivity contribution in [1.29, 1.82) is 0 Å². The highest BCUT2D eigenvalue weighted by Crippen LogP contribution is 2.28. The van der Waals surface area contributed by atoms with E-state index in [2.05, 4.69) is 4.98 Å². The van der Waals surface area contributed by atoms with Gasteiger partial charge in [-0.05, 0) is 18.2 Å². The Morgan fingerprint density at radius 2 is 1.82 bits per heavy atom. The van der Waals surface area contributed by atoms with Crippen molar-refractivity contribution in [1.82, 2.24) is 4.98 Å². The quantitative estimate of drug-likeness (QED) is 0.876. The Morgan fingerprint density at radius 3 is 2.29 bits per heavy atom. The molecule has 0 spiro atoms. The molecule has 88 valence electrons. The molecule has 17 heavy (non-hydrogen) atoms. The Kier molecular flexibility index (Phi) is 2.95. The maximum atomic E-state index is 11.0. The Hall–Kier alpha value is -1.72. The minimum Gasteiger partial charge on any atom is -0.420 e. The molecule has 0 unspecified atom stereocenters. The van der Waals surface area contributed by atoms with E-state index in [0.717, 1.165) is 0 Å². The van der Waals surface area contributed by atoms with Gasteiger partial charge in [-0.25, -0.2) is 4.98 Å². The lowest BCUT2D eigenvalue weighted by Crippen LogP contribution is -2.13. The average molecular weight is 272 g/mol. The summed E-state index contributed by atoms with van der Waals surface area (Å²) in [4.78, 5) is 14.8. The molecule has 1 heterocycles. The summed E-state index contributed by atoms with van der Waals surface area (Å²) in [5, 5.41) is 0.842. The Bertz CT molecular complexity index is 575. The molecule has 0 aliphatic heterocycles. The smallest absolute Gasteiger partial charge is 0.273 e. The van der Waals surface area contributed by atoms with Gasteiger partial charge in [0.1, 0.15) is 0 Å². The molecule has 1 aromatic heterocycles. The van der Waals surface area contributed by atoms with Crippen LogP contribution in [-0.4, -0.2) is 10.9 Å². The molecule has 0 bridgehead atoms. The first-order valence-electron chi connectivity index (χ1n) is 4.50. The number of nitrogen functional groups attached to an aromatic ring is 1. The topological polar surface area (TPSA) is 95.1 Å². The summed E-state index contributed by atoms with van der Waals surface area (Å²) < 4.78 is 5.12. The van der Waals surface area contributed by atoms with Gasteiger partial charge in [-0.15, -0.1) is 0 Å². The Balaban J connectivity index is 2.53. The number of oxazole rings is 1. The first-order valence-corrected chi connectivity index (χ1v) is 5.25. The molecule has 2 rings (SSSR count). The van der Waals surface area contributed by atoms with Crippen LogP contribution in [0.15, 0.2) is 22.6 Å². The van der Waals surface area contributed by atoms with E-state index >= 15 is 0 Å². The van der Waals surface area contributed by atoms with E-state index < -0.39 is 5.91 Å². The molecule has 7 heteroatoms. The fourth-order valence-corrected chi connectivity index (χ4v) is 1.84. The predicted octanol–water partition coefficient (Wildman–Crippen LogP) is 2.33. The summed E-state index contributed by atoms with van der Waals surface area (Å²) in [6.45, 7) is 0. The summed E-state index contributed by atoms with van der Waals surface area (Å²) >= 11 is 11.7. The van der Waals surface area contributed by atoms with Gasteiger partial charge >= 0.3 is 0 Å². The van der Waals surface area contributed by atoms with Gasteiger partial charge in [0.15, 0.2) is 5.69 Å². The zero-order chi connectivity index (χ0) is 12.6. The molecule has 2 aromatic rings. The van der Waals surface area contributed by atoms with Crippen LogP contribution in [-0.2, 0) is 0 Å². The standard InChI is InChI=1S/C10H7Cl2N3O2/c11-5-1-4(2-6(12)3-5)10-15-7(8(13)16)9(14)17-10/h1-3H,14H2,(H2,13,16). The third kappa shape index (κ3) is 2.35. The second kappa shape index (κ2) is 4.27. The zero-order valence-corrected chi connectivity index (χ0v) is 9.92. The number of aromatic nitrogens is 1. The van der Waals surface area contributed by atoms with Gasteiger partial charge in [0.2, 0.25) is 11.8 Å². The molecule has 0 radical (unpaired) electrons. The monoisotopic (exact) mass is 271 g/mol. The van der Waals surface area contributed by atoms with Crippen molar-refractivity contribution in [2.75, 3.05) is 5.73 Å². The average Bonchev–Trinajstić information content (AvgIpc) is 2.59. The van der Waals surface area contributed by atoms with E-state index in [1.54, 1.807) is 18.2 Å². The number of carbonyl (C=O) groups is 1. The second-order valence-electron chi connectivity index (χ2n) is 3.25. The van der Waals surface area contributed by atoms with Crippen LogP contribution in [0.4, 0.5) is 5.88 Å². The molecule has 0 aliphatic carbocycles. The van der Waals surface area contributed by atoms with Crippen molar-refractivity contribution in [3.8, 4) is 11.5 Å². The molecule has 0 aliphatic rings. The van der Waals surface area contributed by atoms with Gasteiger partial charge in [0.05, 0.1) is 0 Å². The number of nitrogens with two attached hydrogens (primary N) is 2. The van der Waals surface area contributed by atoms with Crippen LogP contribution >= 0.6 is 23.2 Å². The summed E-state index contributed by atoms with van der Waals surface area (Å²) in [5.41, 5.74) is 10.9. The van der Waals surface area contributed by atoms with Crippen molar-refractivity contribution in [3.63, 3.8) is 0 Å². The first kappa shape index (κ1) is 11.8. The highest BCUT2D eigenvalue weighted by Gasteiger charge is 2.16. The van der Waals surface area contributed by atoms with E-state index in [1.807, 2.05) is 0 Å². The van der Waals surface area contributed by atoms with Crippen LogP contribution in [0, 0.1) is 0 Å². The number of hydrogen-bond acceptors (Lipinski definition) is 4. The largest absolute Gasteiger partial charge is 0.420 e. The summed E-state index contributed by atoms with van der Waals surface area (Å²) in [7, 11) is 0. The summed E-state index contributed by atoms with van der Waals surface area (Å²) in [5.74, 6) is -0.755. The number of nitrogens with zero attached hydrogens (tertiary/aromatic N) is 1. The second-order valence-corrected chi connectivity index (χ2v) is 4.13. The fraction of sp³-hybridized carbons (Fsp3) is 0. The Morgan fingerprint density at radius 1 is 1.24 bits per heavy atom. The molecule has 5 nitrogen and oxygen atoms in total. The predicted molar refractivity (Wildman–Crippen MR) is 64.9 cm³/mol. The van der Waals surface area contributed by atoms with Crippen molar-refractivity contribution in [2.45, 2.75) is 0 Å². The third-order valence-corrected chi connectivity index (χ3v) is 2.43. The van der Waals surface area contributed by atoms with Crippen LogP contribution in [0.3, 0.4) is 0 Å². The zero-order valence-electron chi connectivity index (χ0n) is 8.41. The van der Waals surface area contributed by atoms with E-state index in [9.17, 15) is 4.79 Å². The number of hydrogen-bond donors (Lipinski definition) is 2. The SMILES string of the molecule is NC(=O)c1nc(-c2cc(Cl)cc(Cl)c2)oc1N. The molecule has 0 atom stereocenters. The molecule has 0 saturated carbocycles. The van der Waals surface area contributed by atoms with Crippen LogP contribution in [0.2, 0.25) is 10.0 Å². The maximum absolute atomic E-state index is 11.0. The number of rotatable bonds is 2. The minimum absolute atomic E-state index is 0.115. The minimum atomic E-state index is -0.759. The number of carbonyl (C=O) groups excluding carboxylic acids is 1. The molecule has 1 aromatic carbocycles. The molecule has 0 saturated heterocycles. The highest BCUT2D eigenvalue weighted by molar-refractivity contribution is 6.35. The van der Waals surface area contributed by atoms with Gasteiger partial charge in [-0.1, -0.05) is 23.2 Å². The molecule has 1 amide bonds. The third-order valence-electron chi connectivity index (χ3n) is 2.00. The number of primary amides is 1. The summed E-state index contributed by atoms with van der Waals surface area (Å²) in [6.07, 6.45) is 0. The lowest BCUT2D eigenvalue weighted by Gasteiger charge is -1.97. The van der Waals surface area contributed by atoms with E-state index in [0.29, 0.717) is 15.6 Å². The van der Waals surface area contributed by atoms with Crippen molar-refractivity contribution in [2.24, 2.45) is 5.73 Å². The highest BCUT2D eigenvalue weighted by atomic mass is 35.5. The van der Waals surface area contributed by atoms with Gasteiger partial charge in [-0.3, -0.25) is 4.79 Å². The van der Waals surface area contributed by atoms with Crippen molar-refractivity contribution < 1.29 is 9.21 Å². The van der Waals surface area contributed by atoms with Gasteiger partial charge in [0.25, 0.3) is 5.91 Å². The molecular weight excluding hydrogens is 265 g/mol. The van der Waals surface area contributed by atoms with Gasteiger partial charge in [0, 0.05) is 15.6 Å². The van der Waals surface area contributed by atoms with Crippen molar-refractivity contribution >= 4 is 35.0 Å². The summed E-state index contributed by atoms with van der Waals surface area (Å²) in [6, 6.07) is 4.74. The number of halogens is 2. The van der Waals surface area contributed by atoms with Crippen LogP contribution in [0.25, 0.3) is 11.5 Å². The lowest BCUT2D eigenvalue weighted by atomic mass is 10.2. The fourth-order valence-electron chi connectivity index (χ4n) is 1.31. The van der Waals surface area contributed by atoms with Gasteiger partial charge < -0.3 is 15.9 Å². The maximum Gasteiger partial charge on any atom is 0.273 e. The van der Waals surface area contributed by atoms with Crippen LogP contribution < -0.4 is 11.5 Å². The van der Waals surface area contributed by atoms with E-state index in [1.165, 1.54) is 0 Å². The molecular formula is C10H7Cl2N3O2. The molecule has 4 N–H and O–H groups in total. The number of amides is 1. The normalized spacial score (nSPS) is 10.5. The van der Waals surface area contributed by atoms with Crippen molar-refractivity contribution in [3.05, 3.63) is 33.9 Å². The first-order chi connectivity index (χ1) is 7.97. The number of anilines is 1. The number of benzene rings is 1. The van der Waals surface area contributed by atoms with E-state index in [4.69, 9.17) is 39.1 Å². The Labute approximate surface area is 106 Å². The van der Waals surface area contributed by atoms with Crippen LogP contribution in [0.1, 0.15) is 10.5 Å². The van der Waals surface area contributed by atoms with Gasteiger partial charge in [-0.2, -0.15) is 0 Å². The van der Waals surface area contributed by atoms with Crippen LogP contribution in [0.5, 0.6) is 0 Å².